The van der Waals surface area contributed by atoms with Crippen molar-refractivity contribution in [3.8, 4) is 0 Å². The molecular weight excluding hydrogens is 242 g/mol. The summed E-state index contributed by atoms with van der Waals surface area (Å²) in [6.07, 6.45) is 3.19. The molecule has 0 aliphatic heterocycles. The largest absolute Gasteiger partial charge is 0.379 e. The highest BCUT2D eigenvalue weighted by Gasteiger charge is 2.28. The van der Waals surface area contributed by atoms with E-state index >= 15 is 0 Å². The number of aromatic nitrogens is 1. The van der Waals surface area contributed by atoms with E-state index in [4.69, 9.17) is 4.74 Å². The van der Waals surface area contributed by atoms with Crippen molar-refractivity contribution in [1.82, 2.24) is 10.3 Å². The van der Waals surface area contributed by atoms with E-state index in [-0.39, 0.29) is 18.1 Å². The van der Waals surface area contributed by atoms with E-state index in [0.29, 0.717) is 5.69 Å². The van der Waals surface area contributed by atoms with E-state index in [1.54, 1.807) is 13.2 Å². The molecule has 1 fully saturated rings. The van der Waals surface area contributed by atoms with Crippen LogP contribution in [0.3, 0.4) is 0 Å². The summed E-state index contributed by atoms with van der Waals surface area (Å²) in [5, 5.41) is 6.11. The molecule has 1 aliphatic carbocycles. The fourth-order valence-electron chi connectivity index (χ4n) is 2.46. The smallest absolute Gasteiger partial charge is 0.270 e. The number of hydrogen-bond donors (Lipinski definition) is 2. The topological polar surface area (TPSA) is 63.2 Å². The molecule has 1 amide bonds. The average molecular weight is 263 g/mol. The molecule has 19 heavy (non-hydrogen) atoms. The fraction of sp³-hybridized carbons (Fsp3) is 0.571. The van der Waals surface area contributed by atoms with Crippen LogP contribution in [0.4, 0.5) is 5.82 Å². The highest BCUT2D eigenvalue weighted by atomic mass is 16.5. The molecule has 2 atom stereocenters. The molecule has 0 radical (unpaired) electrons. The van der Waals surface area contributed by atoms with E-state index in [1.807, 2.05) is 19.1 Å². The van der Waals surface area contributed by atoms with Crippen molar-refractivity contribution < 1.29 is 9.53 Å². The van der Waals surface area contributed by atoms with E-state index < -0.39 is 0 Å². The van der Waals surface area contributed by atoms with Crippen molar-refractivity contribution in [2.24, 2.45) is 0 Å². The number of carbonyl (C=O) groups excluding carboxylic acids is 1. The summed E-state index contributed by atoms with van der Waals surface area (Å²) in [6.45, 7) is 2.78. The quantitative estimate of drug-likeness (QED) is 0.850. The second-order valence-corrected chi connectivity index (χ2v) is 4.72. The molecule has 5 nitrogen and oxygen atoms in total. The van der Waals surface area contributed by atoms with Crippen LogP contribution in [-0.2, 0) is 4.74 Å². The molecule has 2 N–H and O–H groups in total. The maximum atomic E-state index is 12.2. The number of nitrogens with one attached hydrogen (secondary N) is 2. The van der Waals surface area contributed by atoms with Crippen LogP contribution in [0.25, 0.3) is 0 Å². The third-order valence-electron chi connectivity index (χ3n) is 3.41. The molecule has 2 unspecified atom stereocenters. The zero-order valence-electron chi connectivity index (χ0n) is 11.5. The summed E-state index contributed by atoms with van der Waals surface area (Å²) < 4.78 is 5.38. The highest BCUT2D eigenvalue weighted by Crippen LogP contribution is 2.21. The van der Waals surface area contributed by atoms with Crippen LogP contribution >= 0.6 is 0 Å². The first-order chi connectivity index (χ1) is 9.24. The summed E-state index contributed by atoms with van der Waals surface area (Å²) in [5.74, 6) is 0.596. The van der Waals surface area contributed by atoms with Crippen LogP contribution < -0.4 is 10.6 Å². The zero-order valence-corrected chi connectivity index (χ0v) is 11.5. The molecule has 0 bridgehead atoms. The van der Waals surface area contributed by atoms with E-state index in [9.17, 15) is 4.79 Å². The van der Waals surface area contributed by atoms with Gasteiger partial charge < -0.3 is 15.4 Å². The Morgan fingerprint density at radius 1 is 1.47 bits per heavy atom. The molecule has 0 spiro atoms. The van der Waals surface area contributed by atoms with Crippen LogP contribution in [0.2, 0.25) is 0 Å². The van der Waals surface area contributed by atoms with Crippen molar-refractivity contribution in [3.63, 3.8) is 0 Å². The Morgan fingerprint density at radius 2 is 2.32 bits per heavy atom. The number of ether oxygens (including phenoxy) is 1. The average Bonchev–Trinajstić information content (AvgIpc) is 2.86. The fourth-order valence-corrected chi connectivity index (χ4v) is 2.46. The summed E-state index contributed by atoms with van der Waals surface area (Å²) in [7, 11) is 1.69. The van der Waals surface area contributed by atoms with Crippen molar-refractivity contribution in [2.45, 2.75) is 38.3 Å². The van der Waals surface area contributed by atoms with Gasteiger partial charge in [0.05, 0.1) is 12.1 Å². The van der Waals surface area contributed by atoms with Gasteiger partial charge in [0.25, 0.3) is 5.91 Å². The summed E-state index contributed by atoms with van der Waals surface area (Å²) >= 11 is 0. The van der Waals surface area contributed by atoms with Gasteiger partial charge in [0.15, 0.2) is 0 Å². The van der Waals surface area contributed by atoms with Gasteiger partial charge in [-0.2, -0.15) is 0 Å². The van der Waals surface area contributed by atoms with Crippen LogP contribution in [0, 0.1) is 0 Å². The first-order valence-corrected chi connectivity index (χ1v) is 6.79. The minimum atomic E-state index is -0.131. The molecular formula is C14H21N3O2. The molecule has 2 rings (SSSR count). The Bertz CT molecular complexity index is 436. The Labute approximate surface area is 113 Å². The van der Waals surface area contributed by atoms with Gasteiger partial charge in [-0.15, -0.1) is 0 Å². The Hall–Kier alpha value is -1.62. The number of hydrogen-bond acceptors (Lipinski definition) is 4. The van der Waals surface area contributed by atoms with Gasteiger partial charge in [0.2, 0.25) is 0 Å². The van der Waals surface area contributed by atoms with Gasteiger partial charge in [0, 0.05) is 13.7 Å². The number of pyridine rings is 1. The molecule has 1 saturated carbocycles. The molecule has 0 aromatic carbocycles. The number of rotatable bonds is 5. The van der Waals surface area contributed by atoms with Gasteiger partial charge >= 0.3 is 0 Å². The third kappa shape index (κ3) is 3.44. The molecule has 104 valence electrons. The Balaban J connectivity index is 2.01. The van der Waals surface area contributed by atoms with E-state index in [1.165, 1.54) is 0 Å². The maximum absolute atomic E-state index is 12.2. The lowest BCUT2D eigenvalue weighted by molar-refractivity contribution is 0.0719. The Kier molecular flexibility index (Phi) is 4.74. The van der Waals surface area contributed by atoms with Crippen molar-refractivity contribution in [3.05, 3.63) is 23.9 Å². The summed E-state index contributed by atoms with van der Waals surface area (Å²) in [5.41, 5.74) is 0.445. The van der Waals surface area contributed by atoms with E-state index in [2.05, 4.69) is 15.6 Å². The molecule has 1 heterocycles. The third-order valence-corrected chi connectivity index (χ3v) is 3.41. The molecule has 0 saturated heterocycles. The molecule has 1 aromatic rings. The SMILES string of the molecule is CCNc1cccc(C(=O)NC2CCCC2OC)n1. The van der Waals surface area contributed by atoms with Crippen LogP contribution in [0.5, 0.6) is 0 Å². The second kappa shape index (κ2) is 6.52. The molecule has 1 aromatic heterocycles. The van der Waals surface area contributed by atoms with Crippen molar-refractivity contribution in [2.75, 3.05) is 19.0 Å². The first-order valence-electron chi connectivity index (χ1n) is 6.79. The second-order valence-electron chi connectivity index (χ2n) is 4.72. The zero-order chi connectivity index (χ0) is 13.7. The normalized spacial score (nSPS) is 22.2. The Morgan fingerprint density at radius 3 is 3.05 bits per heavy atom. The minimum Gasteiger partial charge on any atom is -0.379 e. The van der Waals surface area contributed by atoms with Crippen molar-refractivity contribution in [1.29, 1.82) is 0 Å². The lowest BCUT2D eigenvalue weighted by Crippen LogP contribution is -2.41. The maximum Gasteiger partial charge on any atom is 0.270 e. The summed E-state index contributed by atoms with van der Waals surface area (Å²) in [6, 6.07) is 5.52. The summed E-state index contributed by atoms with van der Waals surface area (Å²) in [4.78, 5) is 16.5. The van der Waals surface area contributed by atoms with Crippen LogP contribution in [-0.4, -0.2) is 36.7 Å². The lowest BCUT2D eigenvalue weighted by atomic mass is 10.2. The lowest BCUT2D eigenvalue weighted by Gasteiger charge is -2.19. The minimum absolute atomic E-state index is 0.0992. The molecule has 5 heteroatoms. The number of methoxy groups -OCH3 is 1. The van der Waals surface area contributed by atoms with Crippen LogP contribution in [0.1, 0.15) is 36.7 Å². The number of nitrogens with zero attached hydrogens (tertiary/aromatic N) is 1. The van der Waals surface area contributed by atoms with Gasteiger partial charge in [-0.25, -0.2) is 4.98 Å². The van der Waals surface area contributed by atoms with Gasteiger partial charge in [0.1, 0.15) is 11.5 Å². The van der Waals surface area contributed by atoms with Gasteiger partial charge in [-0.3, -0.25) is 4.79 Å². The van der Waals surface area contributed by atoms with E-state index in [0.717, 1.165) is 31.6 Å². The number of anilines is 1. The monoisotopic (exact) mass is 263 g/mol. The number of carbonyl (C=O) groups is 1. The molecule has 1 aliphatic rings. The number of amides is 1. The van der Waals surface area contributed by atoms with Gasteiger partial charge in [-0.1, -0.05) is 6.07 Å². The van der Waals surface area contributed by atoms with Crippen molar-refractivity contribution >= 4 is 11.7 Å². The first kappa shape index (κ1) is 13.8. The van der Waals surface area contributed by atoms with Gasteiger partial charge in [-0.05, 0) is 38.3 Å². The standard InChI is InChI=1S/C14H21N3O2/c1-3-15-13-9-5-7-11(16-13)14(18)17-10-6-4-8-12(10)19-2/h5,7,9-10,12H,3-4,6,8H2,1-2H3,(H,15,16)(H,17,18). The van der Waals surface area contributed by atoms with Crippen LogP contribution in [0.15, 0.2) is 18.2 Å². The predicted molar refractivity (Wildman–Crippen MR) is 74.3 cm³/mol. The highest BCUT2D eigenvalue weighted by molar-refractivity contribution is 5.92. The predicted octanol–water partition coefficient (Wildman–Crippen LogP) is 1.81.